The number of carbonyl (C=O) groups is 1. The van der Waals surface area contributed by atoms with Crippen molar-refractivity contribution in [3.63, 3.8) is 0 Å². The summed E-state index contributed by atoms with van der Waals surface area (Å²) in [5, 5.41) is 12.5. The molecule has 22 heavy (non-hydrogen) atoms. The van der Waals surface area contributed by atoms with E-state index in [4.69, 9.17) is 4.74 Å². The molecule has 3 rings (SSSR count). The zero-order valence-corrected chi connectivity index (χ0v) is 12.2. The largest absolute Gasteiger partial charge is 0.468 e. The van der Waals surface area contributed by atoms with E-state index in [2.05, 4.69) is 15.3 Å². The van der Waals surface area contributed by atoms with Crippen molar-refractivity contribution in [2.45, 2.75) is 18.8 Å². The molecule has 0 radical (unpaired) electrons. The molecule has 1 saturated carbocycles. The van der Waals surface area contributed by atoms with Crippen LogP contribution in [0.1, 0.15) is 24.5 Å². The number of nitriles is 1. The van der Waals surface area contributed by atoms with Crippen molar-refractivity contribution in [2.24, 2.45) is 5.92 Å². The van der Waals surface area contributed by atoms with E-state index in [0.29, 0.717) is 22.9 Å². The molecular formula is C16H16N4O2. The van der Waals surface area contributed by atoms with Gasteiger partial charge in [-0.3, -0.25) is 4.79 Å². The van der Waals surface area contributed by atoms with Gasteiger partial charge in [0.05, 0.1) is 24.2 Å². The normalized spacial score (nSPS) is 15.1. The first kappa shape index (κ1) is 14.3. The van der Waals surface area contributed by atoms with Crippen LogP contribution in [0.3, 0.4) is 0 Å². The highest BCUT2D eigenvalue weighted by Gasteiger charge is 2.28. The third-order valence-electron chi connectivity index (χ3n) is 3.69. The van der Waals surface area contributed by atoms with Gasteiger partial charge in [0.2, 0.25) is 0 Å². The lowest BCUT2D eigenvalue weighted by atomic mass is 10.1. The van der Waals surface area contributed by atoms with Crippen LogP contribution in [-0.4, -0.2) is 29.6 Å². The molecule has 0 saturated heterocycles. The van der Waals surface area contributed by atoms with E-state index >= 15 is 0 Å². The molecule has 0 amide bonds. The van der Waals surface area contributed by atoms with Crippen molar-refractivity contribution >= 4 is 22.8 Å². The smallest absolute Gasteiger partial charge is 0.329 e. The molecule has 1 atom stereocenters. The van der Waals surface area contributed by atoms with E-state index in [1.807, 2.05) is 30.3 Å². The minimum atomic E-state index is -1.08. The number of hydrogen-bond donors (Lipinski definition) is 1. The molecule has 0 unspecified atom stereocenters. The summed E-state index contributed by atoms with van der Waals surface area (Å²) >= 11 is 0. The minimum absolute atomic E-state index is 0.328. The number of methoxy groups -OCH3 is 1. The first-order valence-corrected chi connectivity index (χ1v) is 7.21. The fraction of sp³-hybridized carbons (Fsp3) is 0.375. The van der Waals surface area contributed by atoms with Crippen LogP contribution in [-0.2, 0) is 9.53 Å². The van der Waals surface area contributed by atoms with Crippen LogP contribution in [0, 0.1) is 17.2 Å². The molecule has 1 aliphatic rings. The van der Waals surface area contributed by atoms with Crippen molar-refractivity contribution in [1.82, 2.24) is 9.97 Å². The van der Waals surface area contributed by atoms with Crippen LogP contribution in [0.5, 0.6) is 0 Å². The highest BCUT2D eigenvalue weighted by atomic mass is 16.5. The van der Waals surface area contributed by atoms with E-state index < -0.39 is 11.9 Å². The van der Waals surface area contributed by atoms with E-state index in [1.165, 1.54) is 20.0 Å². The average molecular weight is 296 g/mol. The van der Waals surface area contributed by atoms with Crippen LogP contribution in [0.2, 0.25) is 0 Å². The van der Waals surface area contributed by atoms with Crippen LogP contribution >= 0.6 is 0 Å². The van der Waals surface area contributed by atoms with Crippen LogP contribution in [0.25, 0.3) is 11.0 Å². The first-order chi connectivity index (χ1) is 10.7. The molecule has 6 heteroatoms. The van der Waals surface area contributed by atoms with E-state index in [9.17, 15) is 10.1 Å². The van der Waals surface area contributed by atoms with Gasteiger partial charge >= 0.3 is 5.97 Å². The second kappa shape index (κ2) is 5.98. The first-order valence-electron chi connectivity index (χ1n) is 7.21. The van der Waals surface area contributed by atoms with Crippen molar-refractivity contribution < 1.29 is 9.53 Å². The molecular weight excluding hydrogens is 280 g/mol. The Kier molecular flexibility index (Phi) is 3.88. The number of esters is 1. The highest BCUT2D eigenvalue weighted by molar-refractivity contribution is 5.84. The molecule has 2 aromatic rings. The third-order valence-corrected chi connectivity index (χ3v) is 3.69. The van der Waals surface area contributed by atoms with Crippen LogP contribution < -0.4 is 5.32 Å². The molecule has 1 aromatic heterocycles. The zero-order chi connectivity index (χ0) is 15.5. The lowest BCUT2D eigenvalue weighted by molar-refractivity contribution is -0.141. The summed E-state index contributed by atoms with van der Waals surface area (Å²) in [6.07, 6.45) is 2.39. The predicted octanol–water partition coefficient (Wildman–Crippen LogP) is 2.23. The number of carbonyl (C=O) groups excluding carboxylic acids is 1. The van der Waals surface area contributed by atoms with E-state index in [0.717, 1.165) is 12.1 Å². The number of nitrogens with one attached hydrogen (secondary N) is 1. The number of para-hydroxylation sites is 2. The number of hydrogen-bond acceptors (Lipinski definition) is 6. The topological polar surface area (TPSA) is 87.9 Å². The van der Waals surface area contributed by atoms with Gasteiger partial charge in [-0.2, -0.15) is 5.26 Å². The van der Waals surface area contributed by atoms with Crippen LogP contribution in [0.4, 0.5) is 5.82 Å². The van der Waals surface area contributed by atoms with Gasteiger partial charge in [0.15, 0.2) is 11.7 Å². The number of ether oxygens (including phenoxy) is 1. The molecule has 1 N–H and O–H groups in total. The van der Waals surface area contributed by atoms with E-state index in [-0.39, 0.29) is 0 Å². The Balaban J connectivity index is 2.04. The van der Waals surface area contributed by atoms with Gasteiger partial charge < -0.3 is 10.1 Å². The third kappa shape index (κ3) is 2.84. The molecule has 0 spiro atoms. The quantitative estimate of drug-likeness (QED) is 0.851. The molecule has 6 nitrogen and oxygen atoms in total. The lowest BCUT2D eigenvalue weighted by Gasteiger charge is -2.14. The monoisotopic (exact) mass is 296 g/mol. The fourth-order valence-corrected chi connectivity index (χ4v) is 2.25. The molecule has 1 heterocycles. The Hall–Kier alpha value is -2.68. The average Bonchev–Trinajstić information content (AvgIpc) is 3.37. The predicted molar refractivity (Wildman–Crippen MR) is 81.1 cm³/mol. The maximum atomic E-state index is 11.8. The second-order valence-electron chi connectivity index (χ2n) is 5.36. The van der Waals surface area contributed by atoms with Gasteiger partial charge in [-0.25, -0.2) is 9.97 Å². The summed E-state index contributed by atoms with van der Waals surface area (Å²) in [4.78, 5) is 20.8. The number of rotatable bonds is 5. The van der Waals surface area contributed by atoms with Crippen molar-refractivity contribution in [1.29, 1.82) is 5.26 Å². The van der Waals surface area contributed by atoms with Crippen molar-refractivity contribution in [2.75, 3.05) is 19.0 Å². The summed E-state index contributed by atoms with van der Waals surface area (Å²) in [5.74, 6) is -0.576. The molecule has 1 aliphatic carbocycles. The van der Waals surface area contributed by atoms with Gasteiger partial charge in [0.25, 0.3) is 0 Å². The minimum Gasteiger partial charge on any atom is -0.468 e. The summed E-state index contributed by atoms with van der Waals surface area (Å²) in [6.45, 7) is 0.777. The van der Waals surface area contributed by atoms with Crippen molar-refractivity contribution in [3.05, 3.63) is 30.0 Å². The summed E-state index contributed by atoms with van der Waals surface area (Å²) in [6, 6.07) is 9.35. The Labute approximate surface area is 128 Å². The van der Waals surface area contributed by atoms with Gasteiger partial charge in [-0.05, 0) is 30.9 Å². The Morgan fingerprint density at radius 1 is 1.41 bits per heavy atom. The number of fused-ring (bicyclic) bond motifs is 1. The van der Waals surface area contributed by atoms with Crippen LogP contribution in [0.15, 0.2) is 24.3 Å². The van der Waals surface area contributed by atoms with Gasteiger partial charge in [-0.15, -0.1) is 0 Å². The lowest BCUT2D eigenvalue weighted by Crippen LogP contribution is -2.18. The van der Waals surface area contributed by atoms with Gasteiger partial charge in [-0.1, -0.05) is 12.1 Å². The Bertz CT molecular complexity index is 749. The maximum Gasteiger partial charge on any atom is 0.329 e. The SMILES string of the molecule is COC(=O)[C@H](C#N)c1nc2ccccc2nc1NCC1CC1. The molecule has 1 fully saturated rings. The maximum absolute atomic E-state index is 11.8. The van der Waals surface area contributed by atoms with Gasteiger partial charge in [0.1, 0.15) is 5.69 Å². The van der Waals surface area contributed by atoms with E-state index in [1.54, 1.807) is 0 Å². The van der Waals surface area contributed by atoms with Crippen molar-refractivity contribution in [3.8, 4) is 6.07 Å². The number of benzene rings is 1. The summed E-state index contributed by atoms with van der Waals surface area (Å²) < 4.78 is 4.71. The number of anilines is 1. The second-order valence-corrected chi connectivity index (χ2v) is 5.36. The molecule has 112 valence electrons. The fourth-order valence-electron chi connectivity index (χ4n) is 2.25. The summed E-state index contributed by atoms with van der Waals surface area (Å²) in [7, 11) is 1.26. The molecule has 1 aromatic carbocycles. The standard InChI is InChI=1S/C16H16N4O2/c1-22-16(21)11(8-17)14-15(18-9-10-6-7-10)20-13-5-3-2-4-12(13)19-14/h2-5,10-11H,6-7,9H2,1H3,(H,18,20)/t11-/m1/s1. The Morgan fingerprint density at radius 2 is 2.09 bits per heavy atom. The van der Waals surface area contributed by atoms with Gasteiger partial charge in [0, 0.05) is 6.54 Å². The Morgan fingerprint density at radius 3 is 2.68 bits per heavy atom. The molecule has 0 bridgehead atoms. The zero-order valence-electron chi connectivity index (χ0n) is 12.2. The highest BCUT2D eigenvalue weighted by Crippen LogP contribution is 2.30. The number of nitrogens with zero attached hydrogens (tertiary/aromatic N) is 3. The summed E-state index contributed by atoms with van der Waals surface area (Å²) in [5.41, 5.74) is 1.71. The molecule has 0 aliphatic heterocycles. The number of aromatic nitrogens is 2.